The van der Waals surface area contributed by atoms with Gasteiger partial charge in [0.2, 0.25) is 5.91 Å². The van der Waals surface area contributed by atoms with Gasteiger partial charge in [-0.15, -0.1) is 0 Å². The first-order chi connectivity index (χ1) is 16.7. The lowest BCUT2D eigenvalue weighted by Gasteiger charge is -2.30. The monoisotopic (exact) mass is 451 g/mol. The first-order valence-electron chi connectivity index (χ1n) is 11.6. The van der Waals surface area contributed by atoms with E-state index < -0.39 is 0 Å². The van der Waals surface area contributed by atoms with Crippen LogP contribution in [0, 0.1) is 28.6 Å². The Morgan fingerprint density at radius 3 is 2.68 bits per heavy atom. The van der Waals surface area contributed by atoms with Crippen molar-refractivity contribution < 1.29 is 4.79 Å². The number of fused-ring (bicyclic) bond motifs is 3. The van der Waals surface area contributed by atoms with E-state index in [1.165, 1.54) is 0 Å². The Balaban J connectivity index is 1.41. The van der Waals surface area contributed by atoms with Crippen molar-refractivity contribution in [2.24, 2.45) is 5.92 Å². The molecule has 1 aliphatic carbocycles. The number of nitrogens with zero attached hydrogens (tertiary/aromatic N) is 5. The number of hydrogen-bond donors (Lipinski definition) is 2. The lowest BCUT2D eigenvalue weighted by molar-refractivity contribution is -0.120. The zero-order valence-corrected chi connectivity index (χ0v) is 18.8. The molecule has 1 aliphatic rings. The third-order valence-electron chi connectivity index (χ3n) is 6.76. The average Bonchev–Trinajstić information content (AvgIpc) is 3.48. The molecule has 1 fully saturated rings. The van der Waals surface area contributed by atoms with Crippen molar-refractivity contribution in [1.82, 2.24) is 24.8 Å². The Bertz CT molecular complexity index is 1410. The van der Waals surface area contributed by atoms with E-state index in [0.717, 1.165) is 59.1 Å². The molecule has 1 amide bonds. The number of rotatable bonds is 6. The highest BCUT2D eigenvalue weighted by Crippen LogP contribution is 2.38. The Morgan fingerprint density at radius 1 is 1.15 bits per heavy atom. The molecule has 170 valence electrons. The van der Waals surface area contributed by atoms with Gasteiger partial charge in [0.15, 0.2) is 0 Å². The Kier molecular flexibility index (Phi) is 5.97. The third-order valence-corrected chi connectivity index (χ3v) is 6.76. The summed E-state index contributed by atoms with van der Waals surface area (Å²) in [5, 5.41) is 22.0. The van der Waals surface area contributed by atoms with E-state index in [2.05, 4.69) is 32.0 Å². The maximum atomic E-state index is 12.9. The van der Waals surface area contributed by atoms with Crippen LogP contribution in [0.15, 0.2) is 42.7 Å². The number of pyridine rings is 1. The topological polar surface area (TPSA) is 123 Å². The van der Waals surface area contributed by atoms with Crippen LogP contribution in [0.3, 0.4) is 0 Å². The van der Waals surface area contributed by atoms with Gasteiger partial charge in [-0.3, -0.25) is 4.79 Å². The molecule has 0 unspecified atom stereocenters. The second-order valence-electron chi connectivity index (χ2n) is 8.93. The molecule has 2 N–H and O–H groups in total. The van der Waals surface area contributed by atoms with E-state index >= 15 is 0 Å². The summed E-state index contributed by atoms with van der Waals surface area (Å²) in [6.45, 7) is 0.396. The number of imidazole rings is 1. The van der Waals surface area contributed by atoms with Crippen LogP contribution in [0.25, 0.3) is 22.1 Å². The number of amides is 1. The molecule has 0 saturated heterocycles. The zero-order chi connectivity index (χ0) is 23.5. The molecule has 8 heteroatoms. The number of aromatic amines is 1. The second-order valence-corrected chi connectivity index (χ2v) is 8.93. The number of aromatic nitrogens is 4. The van der Waals surface area contributed by atoms with Gasteiger partial charge in [-0.05, 0) is 55.4 Å². The van der Waals surface area contributed by atoms with Crippen LogP contribution in [-0.2, 0) is 17.8 Å². The maximum absolute atomic E-state index is 12.9. The van der Waals surface area contributed by atoms with Gasteiger partial charge in [-0.2, -0.15) is 10.5 Å². The molecule has 0 atom stereocenters. The molecule has 0 aliphatic heterocycles. The predicted octanol–water partition coefficient (Wildman–Crippen LogP) is 4.29. The Labute approximate surface area is 197 Å². The molecule has 5 rings (SSSR count). The summed E-state index contributed by atoms with van der Waals surface area (Å²) in [6.07, 6.45) is 8.36. The van der Waals surface area contributed by atoms with Crippen LogP contribution < -0.4 is 5.32 Å². The summed E-state index contributed by atoms with van der Waals surface area (Å²) in [6, 6.07) is 13.9. The number of carbonyl (C=O) groups excluding carboxylic acids is 1. The average molecular weight is 452 g/mol. The molecule has 1 aromatic carbocycles. The maximum Gasteiger partial charge on any atom is 0.227 e. The molecule has 34 heavy (non-hydrogen) atoms. The van der Waals surface area contributed by atoms with Crippen molar-refractivity contribution in [3.05, 3.63) is 59.7 Å². The van der Waals surface area contributed by atoms with Crippen LogP contribution in [0.4, 0.5) is 0 Å². The molecule has 3 heterocycles. The molecule has 3 aromatic heterocycles. The SMILES string of the molecule is N#CCC1CCC(n2c(CC(=O)NCc3ccc(C#N)cc3)nc3cnc4[nH]ccc4c32)CC1. The summed E-state index contributed by atoms with van der Waals surface area (Å²) >= 11 is 0. The lowest BCUT2D eigenvalue weighted by Crippen LogP contribution is -2.27. The van der Waals surface area contributed by atoms with Gasteiger partial charge in [0.25, 0.3) is 0 Å². The largest absolute Gasteiger partial charge is 0.352 e. The van der Waals surface area contributed by atoms with Crippen LogP contribution >= 0.6 is 0 Å². The Morgan fingerprint density at radius 2 is 1.94 bits per heavy atom. The first-order valence-corrected chi connectivity index (χ1v) is 11.6. The minimum atomic E-state index is -0.0997. The van der Waals surface area contributed by atoms with Gasteiger partial charge >= 0.3 is 0 Å². The van der Waals surface area contributed by atoms with Crippen molar-refractivity contribution in [3.8, 4) is 12.1 Å². The van der Waals surface area contributed by atoms with E-state index in [4.69, 9.17) is 15.5 Å². The highest BCUT2D eigenvalue weighted by Gasteiger charge is 2.27. The molecule has 0 radical (unpaired) electrons. The van der Waals surface area contributed by atoms with E-state index in [1.807, 2.05) is 24.4 Å². The number of nitrogens with one attached hydrogen (secondary N) is 2. The van der Waals surface area contributed by atoms with Gasteiger partial charge in [0.05, 0.1) is 35.8 Å². The fourth-order valence-electron chi connectivity index (χ4n) is 5.00. The van der Waals surface area contributed by atoms with E-state index in [9.17, 15) is 4.79 Å². The molecule has 8 nitrogen and oxygen atoms in total. The summed E-state index contributed by atoms with van der Waals surface area (Å²) < 4.78 is 2.25. The number of H-pyrrole nitrogens is 1. The quantitative estimate of drug-likeness (QED) is 0.453. The van der Waals surface area contributed by atoms with E-state index in [-0.39, 0.29) is 18.4 Å². The number of nitriles is 2. The minimum Gasteiger partial charge on any atom is -0.352 e. The molecular formula is C26H25N7O. The smallest absolute Gasteiger partial charge is 0.227 e. The number of carbonyl (C=O) groups is 1. The van der Waals surface area contributed by atoms with Crippen LogP contribution in [0.1, 0.15) is 55.1 Å². The first kappa shape index (κ1) is 21.7. The normalized spacial score (nSPS) is 17.9. The highest BCUT2D eigenvalue weighted by atomic mass is 16.1. The number of benzene rings is 1. The second kappa shape index (κ2) is 9.36. The van der Waals surface area contributed by atoms with Gasteiger partial charge in [-0.1, -0.05) is 12.1 Å². The van der Waals surface area contributed by atoms with Crippen LogP contribution in [0.5, 0.6) is 0 Å². The fraction of sp³-hybridized carbons (Fsp3) is 0.346. The number of hydrogen-bond acceptors (Lipinski definition) is 5. The van der Waals surface area contributed by atoms with Crippen molar-refractivity contribution in [3.63, 3.8) is 0 Å². The summed E-state index contributed by atoms with van der Waals surface area (Å²) in [7, 11) is 0. The molecule has 0 spiro atoms. The highest BCUT2D eigenvalue weighted by molar-refractivity contribution is 6.01. The minimum absolute atomic E-state index is 0.0997. The van der Waals surface area contributed by atoms with Crippen LogP contribution in [0.2, 0.25) is 0 Å². The van der Waals surface area contributed by atoms with Gasteiger partial charge in [-0.25, -0.2) is 9.97 Å². The van der Waals surface area contributed by atoms with Crippen molar-refractivity contribution in [1.29, 1.82) is 10.5 Å². The Hall–Kier alpha value is -4.17. The van der Waals surface area contributed by atoms with Crippen molar-refractivity contribution in [2.75, 3.05) is 0 Å². The van der Waals surface area contributed by atoms with Gasteiger partial charge in [0.1, 0.15) is 17.0 Å². The molecular weight excluding hydrogens is 426 g/mol. The lowest BCUT2D eigenvalue weighted by atomic mass is 9.84. The molecule has 4 aromatic rings. The van der Waals surface area contributed by atoms with Crippen molar-refractivity contribution >= 4 is 28.0 Å². The summed E-state index contributed by atoms with van der Waals surface area (Å²) in [5.74, 6) is 1.09. The molecule has 1 saturated carbocycles. The summed E-state index contributed by atoms with van der Waals surface area (Å²) in [5.41, 5.74) is 4.16. The standard InChI is InChI=1S/C26H25N7O/c27-11-9-17-5-7-20(8-6-17)33-23(32-22-16-31-26-21(25(22)33)10-12-29-26)13-24(34)30-15-19-3-1-18(14-28)2-4-19/h1-4,10,12,16-17,20H,5-9,13,15H2,(H,29,31)(H,30,34). The third kappa shape index (κ3) is 4.23. The van der Waals surface area contributed by atoms with E-state index in [1.54, 1.807) is 18.3 Å². The summed E-state index contributed by atoms with van der Waals surface area (Å²) in [4.78, 5) is 25.4. The van der Waals surface area contributed by atoms with Gasteiger partial charge < -0.3 is 14.9 Å². The molecule has 0 bridgehead atoms. The fourth-order valence-corrected chi connectivity index (χ4v) is 5.00. The van der Waals surface area contributed by atoms with Crippen LogP contribution in [-0.4, -0.2) is 25.4 Å². The van der Waals surface area contributed by atoms with Crippen molar-refractivity contribution in [2.45, 2.75) is 51.1 Å². The van der Waals surface area contributed by atoms with Gasteiger partial charge in [0, 0.05) is 30.6 Å². The van der Waals surface area contributed by atoms with E-state index in [0.29, 0.717) is 24.4 Å². The zero-order valence-electron chi connectivity index (χ0n) is 18.8. The predicted molar refractivity (Wildman–Crippen MR) is 127 cm³/mol.